The number of hydrogen-bond acceptors (Lipinski definition) is 2. The van der Waals surface area contributed by atoms with E-state index in [0.29, 0.717) is 28.8 Å². The van der Waals surface area contributed by atoms with Gasteiger partial charge >= 0.3 is 0 Å². The number of carbonyl (C=O) groups excluding carboxylic acids is 1. The largest absolute Gasteiger partial charge is 0.496 e. The summed E-state index contributed by atoms with van der Waals surface area (Å²) in [5.41, 5.74) is 4.28. The minimum Gasteiger partial charge on any atom is -0.496 e. The fourth-order valence-corrected chi connectivity index (χ4v) is 3.68. The van der Waals surface area contributed by atoms with E-state index < -0.39 is 0 Å². The highest BCUT2D eigenvalue weighted by Gasteiger charge is 2.17. The van der Waals surface area contributed by atoms with E-state index in [9.17, 15) is 4.79 Å². The van der Waals surface area contributed by atoms with Crippen molar-refractivity contribution in [1.29, 1.82) is 0 Å². The van der Waals surface area contributed by atoms with Crippen molar-refractivity contribution in [2.75, 3.05) is 7.11 Å². The number of hydrogen-bond donors (Lipinski definition) is 1. The molecule has 5 heteroatoms. The molecule has 0 spiro atoms. The van der Waals surface area contributed by atoms with Gasteiger partial charge in [0.15, 0.2) is 0 Å². The Morgan fingerprint density at radius 3 is 2.41 bits per heavy atom. The van der Waals surface area contributed by atoms with Crippen LogP contribution in [0, 0.1) is 6.92 Å². The summed E-state index contributed by atoms with van der Waals surface area (Å²) in [6.07, 6.45) is 0.950. The number of nitrogens with one attached hydrogen (secondary N) is 1. The van der Waals surface area contributed by atoms with Crippen molar-refractivity contribution in [1.82, 2.24) is 5.32 Å². The van der Waals surface area contributed by atoms with Crippen molar-refractivity contribution < 1.29 is 9.53 Å². The fraction of sp³-hybridized carbons (Fsp3) is 0.409. The van der Waals surface area contributed by atoms with Crippen molar-refractivity contribution in [2.24, 2.45) is 0 Å². The van der Waals surface area contributed by atoms with Crippen LogP contribution in [0.3, 0.4) is 0 Å². The smallest absolute Gasteiger partial charge is 0.220 e. The first-order valence-electron chi connectivity index (χ1n) is 9.14. The van der Waals surface area contributed by atoms with Gasteiger partial charge in [-0.25, -0.2) is 0 Å². The topological polar surface area (TPSA) is 38.3 Å². The summed E-state index contributed by atoms with van der Waals surface area (Å²) in [4.78, 5) is 12.4. The molecule has 0 fully saturated rings. The van der Waals surface area contributed by atoms with Gasteiger partial charge in [-0.05, 0) is 72.7 Å². The molecule has 0 bridgehead atoms. The van der Waals surface area contributed by atoms with Crippen molar-refractivity contribution in [2.45, 2.75) is 52.5 Å². The zero-order valence-electron chi connectivity index (χ0n) is 16.5. The Balaban J connectivity index is 2.06. The Morgan fingerprint density at radius 1 is 1.11 bits per heavy atom. The number of methoxy groups -OCH3 is 1. The molecule has 0 aliphatic rings. The molecule has 146 valence electrons. The van der Waals surface area contributed by atoms with Crippen LogP contribution in [0.4, 0.5) is 0 Å². The molecule has 0 saturated carbocycles. The van der Waals surface area contributed by atoms with Crippen LogP contribution in [0.1, 0.15) is 61.4 Å². The van der Waals surface area contributed by atoms with Crippen LogP contribution < -0.4 is 10.1 Å². The van der Waals surface area contributed by atoms with Gasteiger partial charge in [0.1, 0.15) is 5.75 Å². The van der Waals surface area contributed by atoms with E-state index in [0.717, 1.165) is 28.0 Å². The van der Waals surface area contributed by atoms with Gasteiger partial charge in [0, 0.05) is 16.5 Å². The zero-order chi connectivity index (χ0) is 20.1. The second-order valence-corrected chi connectivity index (χ2v) is 7.97. The predicted molar refractivity (Wildman–Crippen MR) is 113 cm³/mol. The summed E-state index contributed by atoms with van der Waals surface area (Å²) >= 11 is 12.1. The number of ether oxygens (including phenoxy) is 1. The average molecular weight is 408 g/mol. The molecule has 1 N–H and O–H groups in total. The molecule has 1 atom stereocenters. The molecule has 0 aliphatic heterocycles. The molecule has 0 radical (unpaired) electrons. The maximum Gasteiger partial charge on any atom is 0.220 e. The highest BCUT2D eigenvalue weighted by Crippen LogP contribution is 2.32. The lowest BCUT2D eigenvalue weighted by molar-refractivity contribution is -0.121. The molecule has 2 aromatic rings. The number of amides is 1. The van der Waals surface area contributed by atoms with Crippen LogP contribution in [-0.2, 0) is 11.2 Å². The van der Waals surface area contributed by atoms with Gasteiger partial charge < -0.3 is 10.1 Å². The van der Waals surface area contributed by atoms with Crippen molar-refractivity contribution in [3.8, 4) is 5.75 Å². The standard InChI is InChI=1S/C22H27Cl2NO2/c1-13(2)18-12-19(14(3)10-21(18)27-5)15(4)25-22(26)9-7-16-6-8-17(23)11-20(16)24/h6,8,10-13,15H,7,9H2,1-5H3,(H,25,26). The molecule has 27 heavy (non-hydrogen) atoms. The van der Waals surface area contributed by atoms with E-state index in [1.54, 1.807) is 19.2 Å². The number of aryl methyl sites for hydroxylation is 2. The van der Waals surface area contributed by atoms with E-state index in [1.807, 2.05) is 26.0 Å². The van der Waals surface area contributed by atoms with Crippen LogP contribution in [0.2, 0.25) is 10.0 Å². The van der Waals surface area contributed by atoms with Crippen molar-refractivity contribution in [3.63, 3.8) is 0 Å². The van der Waals surface area contributed by atoms with Gasteiger partial charge in [0.25, 0.3) is 0 Å². The quantitative estimate of drug-likeness (QED) is 0.589. The molecule has 1 amide bonds. The highest BCUT2D eigenvalue weighted by molar-refractivity contribution is 6.35. The fourth-order valence-electron chi connectivity index (χ4n) is 3.17. The van der Waals surface area contributed by atoms with Crippen molar-refractivity contribution in [3.05, 3.63) is 62.6 Å². The maximum absolute atomic E-state index is 12.4. The third kappa shape index (κ3) is 5.63. The van der Waals surface area contributed by atoms with E-state index in [2.05, 4.69) is 25.2 Å². The second kappa shape index (κ2) is 9.48. The molecular weight excluding hydrogens is 381 g/mol. The van der Waals surface area contributed by atoms with Gasteiger partial charge in [-0.15, -0.1) is 0 Å². The van der Waals surface area contributed by atoms with E-state index in [4.69, 9.17) is 27.9 Å². The number of rotatable bonds is 7. The minimum atomic E-state index is -0.0819. The van der Waals surface area contributed by atoms with Crippen LogP contribution in [0.15, 0.2) is 30.3 Å². The Labute approximate surface area is 172 Å². The Bertz CT molecular complexity index is 818. The van der Waals surface area contributed by atoms with Gasteiger partial charge in [0.05, 0.1) is 13.2 Å². The van der Waals surface area contributed by atoms with Gasteiger partial charge in [-0.2, -0.15) is 0 Å². The first-order chi connectivity index (χ1) is 12.7. The second-order valence-electron chi connectivity index (χ2n) is 7.13. The number of halogens is 2. The summed E-state index contributed by atoms with van der Waals surface area (Å²) in [5, 5.41) is 4.28. The first kappa shape index (κ1) is 21.6. The SMILES string of the molecule is COc1cc(C)c(C(C)NC(=O)CCc2ccc(Cl)cc2Cl)cc1C(C)C. The molecular formula is C22H27Cl2NO2. The summed E-state index contributed by atoms with van der Waals surface area (Å²) in [6.45, 7) is 8.32. The Kier molecular flexibility index (Phi) is 7.58. The summed E-state index contributed by atoms with van der Waals surface area (Å²) < 4.78 is 5.50. The molecule has 0 aromatic heterocycles. The third-order valence-electron chi connectivity index (χ3n) is 4.72. The summed E-state index contributed by atoms with van der Waals surface area (Å²) in [5.74, 6) is 1.23. The van der Waals surface area contributed by atoms with E-state index in [1.165, 1.54) is 0 Å². The third-order valence-corrected chi connectivity index (χ3v) is 5.31. The Hall–Kier alpha value is -1.71. The molecule has 0 aliphatic carbocycles. The zero-order valence-corrected chi connectivity index (χ0v) is 18.0. The van der Waals surface area contributed by atoms with Crippen molar-refractivity contribution >= 4 is 29.1 Å². The minimum absolute atomic E-state index is 0.00479. The lowest BCUT2D eigenvalue weighted by Gasteiger charge is -2.21. The van der Waals surface area contributed by atoms with Gasteiger partial charge in [-0.1, -0.05) is 43.1 Å². The van der Waals surface area contributed by atoms with Crippen LogP contribution in [-0.4, -0.2) is 13.0 Å². The van der Waals surface area contributed by atoms with Crippen LogP contribution in [0.25, 0.3) is 0 Å². The lowest BCUT2D eigenvalue weighted by atomic mass is 9.93. The summed E-state index contributed by atoms with van der Waals surface area (Å²) in [6, 6.07) is 9.45. The average Bonchev–Trinajstić information content (AvgIpc) is 2.60. The molecule has 2 rings (SSSR count). The maximum atomic E-state index is 12.4. The Morgan fingerprint density at radius 2 is 1.81 bits per heavy atom. The van der Waals surface area contributed by atoms with E-state index >= 15 is 0 Å². The normalized spacial score (nSPS) is 12.1. The number of benzene rings is 2. The van der Waals surface area contributed by atoms with Crippen LogP contribution >= 0.6 is 23.2 Å². The van der Waals surface area contributed by atoms with Gasteiger partial charge in [0.2, 0.25) is 5.91 Å². The highest BCUT2D eigenvalue weighted by atomic mass is 35.5. The monoisotopic (exact) mass is 407 g/mol. The van der Waals surface area contributed by atoms with Gasteiger partial charge in [-0.3, -0.25) is 4.79 Å². The molecule has 3 nitrogen and oxygen atoms in total. The molecule has 2 aromatic carbocycles. The number of carbonyl (C=O) groups is 1. The first-order valence-corrected chi connectivity index (χ1v) is 9.90. The predicted octanol–water partition coefficient (Wildman–Crippen LogP) is 6.24. The van der Waals surface area contributed by atoms with E-state index in [-0.39, 0.29) is 11.9 Å². The van der Waals surface area contributed by atoms with Crippen LogP contribution in [0.5, 0.6) is 5.75 Å². The molecule has 1 unspecified atom stereocenters. The lowest BCUT2D eigenvalue weighted by Crippen LogP contribution is -2.27. The molecule has 0 saturated heterocycles. The molecule has 0 heterocycles. The summed E-state index contributed by atoms with van der Waals surface area (Å²) in [7, 11) is 1.69.